The quantitative estimate of drug-likeness (QED) is 0.197. The minimum absolute atomic E-state index is 0. The van der Waals surface area contributed by atoms with E-state index in [1.54, 1.807) is 0 Å². The number of likely N-dealkylation sites (N-methyl/N-ethyl adjacent to an activating group) is 1. The molecule has 8 nitrogen and oxygen atoms in total. The third kappa shape index (κ3) is 14.1. The van der Waals surface area contributed by atoms with Crippen molar-refractivity contribution >= 4 is 122 Å². The fourth-order valence-electron chi connectivity index (χ4n) is 0.494. The van der Waals surface area contributed by atoms with Crippen molar-refractivity contribution in [3.05, 3.63) is 0 Å². The van der Waals surface area contributed by atoms with Gasteiger partial charge in [-0.2, -0.15) is 0 Å². The summed E-state index contributed by atoms with van der Waals surface area (Å²) < 4.78 is 13.1. The molecule has 0 bridgehead atoms. The van der Waals surface area contributed by atoms with Gasteiger partial charge >= 0.3 is 13.7 Å². The summed E-state index contributed by atoms with van der Waals surface area (Å²) >= 11 is 0. The van der Waals surface area contributed by atoms with Gasteiger partial charge in [-0.1, -0.05) is 0 Å². The van der Waals surface area contributed by atoms with E-state index in [9.17, 15) is 9.36 Å². The van der Waals surface area contributed by atoms with Gasteiger partial charge in [0.2, 0.25) is 5.96 Å². The number of nitrogens with two attached hydrogens (primary N) is 1. The van der Waals surface area contributed by atoms with E-state index >= 15 is 0 Å². The summed E-state index contributed by atoms with van der Waals surface area (Å²) in [5.74, 6) is -1.69. The van der Waals surface area contributed by atoms with Crippen LogP contribution in [0.4, 0.5) is 0 Å². The second-order valence-electron chi connectivity index (χ2n) is 2.22. The molecule has 0 fully saturated rings. The largest absolute Gasteiger partial charge is 0.480 e. The summed E-state index contributed by atoms with van der Waals surface area (Å²) in [5.41, 5.74) is 5.07. The number of carboxylic acids is 1. The summed E-state index contributed by atoms with van der Waals surface area (Å²) in [6.07, 6.45) is 0. The predicted molar refractivity (Wildman–Crippen MR) is 55.4 cm³/mol. The van der Waals surface area contributed by atoms with Gasteiger partial charge in [0, 0.05) is 110 Å². The van der Waals surface area contributed by atoms with E-state index in [1.807, 2.05) is 0 Å². The van der Waals surface area contributed by atoms with Gasteiger partial charge in [0.15, 0.2) is 0 Å². The van der Waals surface area contributed by atoms with Gasteiger partial charge in [-0.15, -0.1) is 4.76 Å². The number of aliphatic carboxylic acids is 1. The zero-order valence-electron chi connectivity index (χ0n) is 8.78. The molecule has 0 heterocycles. The van der Waals surface area contributed by atoms with Crippen molar-refractivity contribution in [2.75, 3.05) is 13.6 Å². The van der Waals surface area contributed by atoms with Gasteiger partial charge in [0.1, 0.15) is 6.54 Å². The van der Waals surface area contributed by atoms with Crippen LogP contribution in [0.5, 0.6) is 0 Å². The van der Waals surface area contributed by atoms with Crippen molar-refractivity contribution in [1.82, 2.24) is 4.90 Å². The first kappa shape index (κ1) is 22.4. The molecule has 0 aromatic heterocycles. The number of hydrogen-bond donors (Lipinski definition) is 4. The molecule has 0 saturated carbocycles. The summed E-state index contributed by atoms with van der Waals surface area (Å²) in [5, 5.41) is 8.28. The summed E-state index contributed by atoms with van der Waals surface area (Å²) in [7, 11) is -3.34. The van der Waals surface area contributed by atoms with Crippen LogP contribution in [0, 0.1) is 0 Å². The molecule has 11 heteroatoms. The van der Waals surface area contributed by atoms with Gasteiger partial charge in [-0.25, -0.2) is 4.57 Å². The van der Waals surface area contributed by atoms with E-state index in [2.05, 4.69) is 4.76 Å². The predicted octanol–water partition coefficient (Wildman–Crippen LogP) is -2.35. The first-order chi connectivity index (χ1) is 5.72. The van der Waals surface area contributed by atoms with Gasteiger partial charge in [-0.3, -0.25) is 4.79 Å². The molecule has 0 aliphatic heterocycles. The van der Waals surface area contributed by atoms with Crippen molar-refractivity contribution in [2.45, 2.75) is 0 Å². The molecule has 2 radical (unpaired) electrons. The standard InChI is InChI=1S/C4H10N3O5P.2K/c1-7(2-3(8)9)4(5)6-13(10,11)12;;/h2H2,1H3,(H,8,9)(H4,5,6,10,11,12);;. The Bertz CT molecular complexity index is 279. The summed E-state index contributed by atoms with van der Waals surface area (Å²) in [4.78, 5) is 27.7. The number of rotatable bonds is 3. The molecule has 0 atom stereocenters. The molecule has 78 valence electrons. The number of nitrogens with zero attached hydrogens (tertiary/aromatic N) is 2. The average molecular weight is 289 g/mol. The summed E-state index contributed by atoms with van der Waals surface area (Å²) in [6, 6.07) is 0. The maximum atomic E-state index is 10.3. The van der Waals surface area contributed by atoms with Crippen molar-refractivity contribution in [3.63, 3.8) is 0 Å². The first-order valence-corrected chi connectivity index (χ1v) is 4.63. The topological polar surface area (TPSA) is 136 Å². The van der Waals surface area contributed by atoms with E-state index < -0.39 is 26.2 Å². The maximum absolute atomic E-state index is 10.3. The van der Waals surface area contributed by atoms with Gasteiger partial charge in [0.05, 0.1) is 0 Å². The van der Waals surface area contributed by atoms with Crippen LogP contribution >= 0.6 is 7.75 Å². The molecule has 5 N–H and O–H groups in total. The first-order valence-electron chi connectivity index (χ1n) is 3.06. The van der Waals surface area contributed by atoms with Crippen LogP contribution < -0.4 is 5.73 Å². The van der Waals surface area contributed by atoms with Crippen LogP contribution in [0.1, 0.15) is 0 Å². The Hall–Kier alpha value is 2.16. The second kappa shape index (κ2) is 10.1. The van der Waals surface area contributed by atoms with E-state index in [0.717, 1.165) is 4.90 Å². The molecule has 0 aliphatic carbocycles. The SMILES string of the molecule is CN(CC(=O)O)/C(N)=N/P(=O)(O)O.[K].[K]. The Kier molecular flexibility index (Phi) is 15.1. The Labute approximate surface area is 172 Å². The van der Waals surface area contributed by atoms with Crippen LogP contribution in [0.3, 0.4) is 0 Å². The van der Waals surface area contributed by atoms with Crippen LogP contribution in [0.2, 0.25) is 0 Å². The maximum Gasteiger partial charge on any atom is 0.451 e. The molecule has 0 amide bonds. The monoisotopic (exact) mass is 289 g/mol. The van der Waals surface area contributed by atoms with Gasteiger partial charge in [-0.05, 0) is 0 Å². The number of carboxylic acid groups (broad SMARTS) is 1. The van der Waals surface area contributed by atoms with E-state index in [4.69, 9.17) is 20.6 Å². The number of carbonyl (C=O) groups is 1. The third-order valence-electron chi connectivity index (χ3n) is 0.996. The Balaban J connectivity index is -0.000000720. The Morgan fingerprint density at radius 3 is 2.13 bits per heavy atom. The van der Waals surface area contributed by atoms with Gasteiger partial charge < -0.3 is 25.5 Å². The molecule has 0 spiro atoms. The molecular weight excluding hydrogens is 279 g/mol. The van der Waals surface area contributed by atoms with Crippen molar-refractivity contribution in [1.29, 1.82) is 0 Å². The molecule has 15 heavy (non-hydrogen) atoms. The third-order valence-corrected chi connectivity index (χ3v) is 1.46. The van der Waals surface area contributed by atoms with Crippen LogP contribution in [0.15, 0.2) is 4.76 Å². The fraction of sp³-hybridized carbons (Fsp3) is 0.500. The zero-order chi connectivity index (χ0) is 10.6. The zero-order valence-corrected chi connectivity index (χ0v) is 15.9. The van der Waals surface area contributed by atoms with Crippen molar-refractivity contribution in [2.24, 2.45) is 10.5 Å². The van der Waals surface area contributed by atoms with Crippen LogP contribution in [0.25, 0.3) is 0 Å². The van der Waals surface area contributed by atoms with Gasteiger partial charge in [0.25, 0.3) is 0 Å². The molecule has 0 rings (SSSR count). The minimum Gasteiger partial charge on any atom is -0.480 e. The fourth-order valence-corrected chi connectivity index (χ4v) is 0.913. The number of guanidine groups is 1. The molecule has 0 saturated heterocycles. The van der Waals surface area contributed by atoms with Crippen molar-refractivity contribution < 1.29 is 24.3 Å². The van der Waals surface area contributed by atoms with Crippen LogP contribution in [-0.4, -0.2) is 148 Å². The van der Waals surface area contributed by atoms with E-state index in [0.29, 0.717) is 0 Å². The van der Waals surface area contributed by atoms with E-state index in [-0.39, 0.29) is 103 Å². The van der Waals surface area contributed by atoms with E-state index in [1.165, 1.54) is 7.05 Å². The van der Waals surface area contributed by atoms with Crippen LogP contribution in [-0.2, 0) is 9.36 Å². The Morgan fingerprint density at radius 1 is 1.47 bits per heavy atom. The molecular formula is C4H10K2N3O5P. The normalized spacial score (nSPS) is 11.0. The number of hydrogen-bond acceptors (Lipinski definition) is 2. The summed E-state index contributed by atoms with van der Waals surface area (Å²) in [6.45, 7) is -0.477. The molecule has 0 aromatic rings. The minimum atomic E-state index is -4.59. The second-order valence-corrected chi connectivity index (χ2v) is 3.45. The molecule has 0 aromatic carbocycles. The molecule has 0 aliphatic rings. The molecule has 0 unspecified atom stereocenters. The smallest absolute Gasteiger partial charge is 0.451 e. The average Bonchev–Trinajstić information content (AvgIpc) is 1.81. The van der Waals surface area contributed by atoms with Crippen molar-refractivity contribution in [3.8, 4) is 0 Å². The Morgan fingerprint density at radius 2 is 1.87 bits per heavy atom.